The van der Waals surface area contributed by atoms with E-state index in [4.69, 9.17) is 10.5 Å². The van der Waals surface area contributed by atoms with Crippen LogP contribution < -0.4 is 10.5 Å². The zero-order valence-corrected chi connectivity index (χ0v) is 17.1. The number of rotatable bonds is 5. The van der Waals surface area contributed by atoms with Crippen LogP contribution in [0.15, 0.2) is 12.4 Å². The second-order valence-corrected chi connectivity index (χ2v) is 6.96. The first-order chi connectivity index (χ1) is 15.1. The zero-order chi connectivity index (χ0) is 24.9. The Kier molecular flexibility index (Phi) is 5.85. The van der Waals surface area contributed by atoms with Crippen LogP contribution in [-0.4, -0.2) is 43.1 Å². The number of benzene rings is 1. The van der Waals surface area contributed by atoms with Crippen LogP contribution in [-0.2, 0) is 13.2 Å². The summed E-state index contributed by atoms with van der Waals surface area (Å²) in [6.07, 6.45) is -11.6. The third-order valence-electron chi connectivity index (χ3n) is 4.54. The molecule has 1 unspecified atom stereocenters. The number of aryl methyl sites for hydroxylation is 2. The van der Waals surface area contributed by atoms with Crippen molar-refractivity contribution in [2.24, 2.45) is 12.8 Å². The number of amides is 1. The SMILES string of the molecule is Cc1[nH]nc(C(F)(F)F)c1-c1c(OC(C)C(F)(F)F)c(C(N)=O)cc(F)c1-c1ncn(C)n1. The number of halogens is 7. The van der Waals surface area contributed by atoms with Crippen molar-refractivity contribution in [2.75, 3.05) is 0 Å². The van der Waals surface area contributed by atoms with E-state index in [1.54, 1.807) is 0 Å². The summed E-state index contributed by atoms with van der Waals surface area (Å²) >= 11 is 0. The van der Waals surface area contributed by atoms with Gasteiger partial charge in [-0.15, -0.1) is 0 Å². The molecule has 3 rings (SSSR count). The van der Waals surface area contributed by atoms with Crippen molar-refractivity contribution in [1.29, 1.82) is 0 Å². The number of aromatic amines is 1. The molecule has 0 aliphatic rings. The van der Waals surface area contributed by atoms with Crippen molar-refractivity contribution in [1.82, 2.24) is 25.0 Å². The lowest BCUT2D eigenvalue weighted by Gasteiger charge is -2.23. The van der Waals surface area contributed by atoms with Crippen LogP contribution in [0.4, 0.5) is 30.7 Å². The summed E-state index contributed by atoms with van der Waals surface area (Å²) in [6.45, 7) is 1.68. The van der Waals surface area contributed by atoms with Gasteiger partial charge in [0.15, 0.2) is 17.6 Å². The Morgan fingerprint density at radius 1 is 1.18 bits per heavy atom. The van der Waals surface area contributed by atoms with Gasteiger partial charge in [-0.2, -0.15) is 36.5 Å². The maximum Gasteiger partial charge on any atom is 0.435 e. The summed E-state index contributed by atoms with van der Waals surface area (Å²) in [5.74, 6) is -4.24. The predicted molar refractivity (Wildman–Crippen MR) is 98.4 cm³/mol. The number of H-pyrrole nitrogens is 1. The molecule has 15 heteroatoms. The van der Waals surface area contributed by atoms with Gasteiger partial charge in [-0.1, -0.05) is 0 Å². The van der Waals surface area contributed by atoms with Crippen LogP contribution >= 0.6 is 0 Å². The quantitative estimate of drug-likeness (QED) is 0.540. The first-order valence-electron chi connectivity index (χ1n) is 9.01. The molecule has 0 saturated heterocycles. The van der Waals surface area contributed by atoms with E-state index in [9.17, 15) is 31.1 Å². The highest BCUT2D eigenvalue weighted by Crippen LogP contribution is 2.48. The monoisotopic (exact) mass is 480 g/mol. The summed E-state index contributed by atoms with van der Waals surface area (Å²) in [7, 11) is 1.37. The average Bonchev–Trinajstić information content (AvgIpc) is 3.26. The number of alkyl halides is 6. The molecule has 0 saturated carbocycles. The molecule has 3 aromatic rings. The Balaban J connectivity index is 2.52. The molecule has 33 heavy (non-hydrogen) atoms. The van der Waals surface area contributed by atoms with Gasteiger partial charge in [-0.25, -0.2) is 9.37 Å². The van der Waals surface area contributed by atoms with Gasteiger partial charge in [0.25, 0.3) is 5.91 Å². The van der Waals surface area contributed by atoms with Gasteiger partial charge in [-0.3, -0.25) is 14.6 Å². The van der Waals surface area contributed by atoms with Gasteiger partial charge >= 0.3 is 12.4 Å². The van der Waals surface area contributed by atoms with Crippen LogP contribution in [0.1, 0.15) is 28.7 Å². The standard InChI is InChI=1S/C18H15F7N6O2/c1-6-10(14(29-28-6)18(23,24)25)12-11(16-27-5-31(3)30-16)9(19)4-8(15(26)32)13(12)33-7(2)17(20,21)22/h4-5,7H,1-3H3,(H2,26,32)(H,28,29). The predicted octanol–water partition coefficient (Wildman–Crippen LogP) is 3.77. The van der Waals surface area contributed by atoms with E-state index in [2.05, 4.69) is 20.3 Å². The summed E-state index contributed by atoms with van der Waals surface area (Å²) < 4.78 is 102. The lowest BCUT2D eigenvalue weighted by molar-refractivity contribution is -0.189. The highest BCUT2D eigenvalue weighted by molar-refractivity contribution is 6.02. The van der Waals surface area contributed by atoms with Crippen LogP contribution in [0.2, 0.25) is 0 Å². The number of hydrogen-bond donors (Lipinski definition) is 2. The second-order valence-electron chi connectivity index (χ2n) is 6.96. The summed E-state index contributed by atoms with van der Waals surface area (Å²) in [5, 5.41) is 9.07. The lowest BCUT2D eigenvalue weighted by atomic mass is 9.92. The minimum atomic E-state index is -5.11. The Morgan fingerprint density at radius 3 is 2.30 bits per heavy atom. The van der Waals surface area contributed by atoms with E-state index in [1.807, 2.05) is 0 Å². The maximum atomic E-state index is 15.2. The summed E-state index contributed by atoms with van der Waals surface area (Å²) in [5.41, 5.74) is -0.0380. The number of ether oxygens (including phenoxy) is 1. The molecule has 3 N–H and O–H groups in total. The molecule has 8 nitrogen and oxygen atoms in total. The van der Waals surface area contributed by atoms with Crippen LogP contribution in [0.3, 0.4) is 0 Å². The molecule has 0 aliphatic heterocycles. The minimum absolute atomic E-state index is 0.301. The first kappa shape index (κ1) is 24.0. The lowest BCUT2D eigenvalue weighted by Crippen LogP contribution is -2.32. The summed E-state index contributed by atoms with van der Waals surface area (Å²) in [4.78, 5) is 15.7. The van der Waals surface area contributed by atoms with E-state index in [-0.39, 0.29) is 5.69 Å². The molecule has 1 atom stereocenters. The molecule has 1 aromatic carbocycles. The molecular weight excluding hydrogens is 465 g/mol. The van der Waals surface area contributed by atoms with E-state index in [0.717, 1.165) is 17.9 Å². The van der Waals surface area contributed by atoms with E-state index >= 15 is 4.39 Å². The van der Waals surface area contributed by atoms with Crippen molar-refractivity contribution >= 4 is 5.91 Å². The number of hydrogen-bond acceptors (Lipinski definition) is 5. The topological polar surface area (TPSA) is 112 Å². The smallest absolute Gasteiger partial charge is 0.435 e. The molecule has 0 spiro atoms. The minimum Gasteiger partial charge on any atom is -0.480 e. The number of nitrogens with zero attached hydrogens (tertiary/aromatic N) is 4. The maximum absolute atomic E-state index is 15.2. The van der Waals surface area contributed by atoms with Crippen LogP contribution in [0.25, 0.3) is 22.5 Å². The van der Waals surface area contributed by atoms with E-state index < -0.39 is 69.7 Å². The van der Waals surface area contributed by atoms with Gasteiger partial charge in [-0.05, 0) is 19.9 Å². The molecule has 2 heterocycles. The van der Waals surface area contributed by atoms with Crippen molar-refractivity contribution in [3.63, 3.8) is 0 Å². The fourth-order valence-corrected chi connectivity index (χ4v) is 3.03. The fraction of sp³-hybridized carbons (Fsp3) is 0.333. The van der Waals surface area contributed by atoms with Crippen molar-refractivity contribution < 1.29 is 40.3 Å². The molecular formula is C18H15F7N6O2. The Bertz CT molecular complexity index is 1210. The molecule has 0 fully saturated rings. The Labute approximate surface area is 180 Å². The number of nitrogens with two attached hydrogens (primary N) is 1. The fourth-order valence-electron chi connectivity index (χ4n) is 3.03. The van der Waals surface area contributed by atoms with Crippen molar-refractivity contribution in [3.05, 3.63) is 35.2 Å². The summed E-state index contributed by atoms with van der Waals surface area (Å²) in [6, 6.07) is 0.457. The average molecular weight is 480 g/mol. The number of carbonyl (C=O) groups excluding carboxylic acids is 1. The molecule has 2 aromatic heterocycles. The third kappa shape index (κ3) is 4.47. The van der Waals surface area contributed by atoms with Crippen LogP contribution in [0, 0.1) is 12.7 Å². The van der Waals surface area contributed by atoms with Crippen LogP contribution in [0.5, 0.6) is 5.75 Å². The number of primary amides is 1. The van der Waals surface area contributed by atoms with Crippen molar-refractivity contribution in [2.45, 2.75) is 32.3 Å². The normalized spacial score (nSPS) is 13.3. The first-order valence-corrected chi connectivity index (χ1v) is 9.01. The number of carbonyl (C=O) groups is 1. The Hall–Kier alpha value is -3.65. The van der Waals surface area contributed by atoms with E-state index in [0.29, 0.717) is 13.0 Å². The van der Waals surface area contributed by atoms with Gasteiger partial charge in [0.2, 0.25) is 0 Å². The van der Waals surface area contributed by atoms with Crippen molar-refractivity contribution in [3.8, 4) is 28.3 Å². The van der Waals surface area contributed by atoms with Gasteiger partial charge in [0, 0.05) is 23.9 Å². The Morgan fingerprint density at radius 2 is 1.82 bits per heavy atom. The molecule has 0 aliphatic carbocycles. The van der Waals surface area contributed by atoms with Gasteiger partial charge in [0.1, 0.15) is 17.9 Å². The number of nitrogens with one attached hydrogen (secondary N) is 1. The highest BCUT2D eigenvalue weighted by atomic mass is 19.4. The molecule has 178 valence electrons. The third-order valence-corrected chi connectivity index (χ3v) is 4.54. The molecule has 0 bridgehead atoms. The van der Waals surface area contributed by atoms with E-state index in [1.165, 1.54) is 7.05 Å². The second kappa shape index (κ2) is 8.04. The largest absolute Gasteiger partial charge is 0.480 e. The zero-order valence-electron chi connectivity index (χ0n) is 17.1. The van der Waals surface area contributed by atoms with Gasteiger partial charge < -0.3 is 10.5 Å². The molecule has 0 radical (unpaired) electrons. The number of aromatic nitrogens is 5. The molecule has 1 amide bonds. The van der Waals surface area contributed by atoms with Gasteiger partial charge in [0.05, 0.1) is 11.1 Å². The highest BCUT2D eigenvalue weighted by Gasteiger charge is 2.43.